The Balaban J connectivity index is 1.72. The number of methoxy groups -OCH3 is 1. The van der Waals surface area contributed by atoms with Gasteiger partial charge in [-0.25, -0.2) is 4.79 Å². The van der Waals surface area contributed by atoms with Crippen LogP contribution >= 0.6 is 11.3 Å². The Kier molecular flexibility index (Phi) is 5.84. The number of fused-ring (bicyclic) bond motifs is 1. The predicted molar refractivity (Wildman–Crippen MR) is 100 cm³/mol. The average Bonchev–Trinajstić information content (AvgIpc) is 3.03. The van der Waals surface area contributed by atoms with Crippen LogP contribution < -0.4 is 5.32 Å². The molecule has 1 aliphatic carbocycles. The first-order valence-electron chi connectivity index (χ1n) is 8.29. The number of hydrogen-bond acceptors (Lipinski definition) is 7. The van der Waals surface area contributed by atoms with Gasteiger partial charge < -0.3 is 14.8 Å². The van der Waals surface area contributed by atoms with Crippen molar-refractivity contribution in [2.24, 2.45) is 0 Å². The number of ether oxygens (including phenoxy) is 2. The van der Waals surface area contributed by atoms with Gasteiger partial charge in [-0.3, -0.25) is 9.78 Å². The van der Waals surface area contributed by atoms with E-state index in [2.05, 4.69) is 21.1 Å². The van der Waals surface area contributed by atoms with Crippen LogP contribution in [0.1, 0.15) is 28.0 Å². The molecule has 3 rings (SSSR count). The molecule has 0 bridgehead atoms. The third-order valence-electron chi connectivity index (χ3n) is 4.11. The molecule has 1 aliphatic rings. The second-order valence-electron chi connectivity index (χ2n) is 5.87. The first-order valence-corrected chi connectivity index (χ1v) is 9.10. The number of nitrogens with zero attached hydrogens (tertiary/aromatic N) is 2. The molecule has 1 N–H and O–H groups in total. The van der Waals surface area contributed by atoms with Crippen molar-refractivity contribution in [3.63, 3.8) is 0 Å². The molecule has 2 aromatic rings. The maximum Gasteiger partial charge on any atom is 0.508 e. The van der Waals surface area contributed by atoms with Gasteiger partial charge in [0, 0.05) is 29.8 Å². The first-order chi connectivity index (χ1) is 13.1. The van der Waals surface area contributed by atoms with E-state index in [1.807, 2.05) is 6.07 Å². The minimum absolute atomic E-state index is 0.288. The Labute approximate surface area is 160 Å². The first kappa shape index (κ1) is 18.6. The third kappa shape index (κ3) is 4.51. The van der Waals surface area contributed by atoms with E-state index in [4.69, 9.17) is 4.74 Å². The van der Waals surface area contributed by atoms with E-state index >= 15 is 0 Å². The van der Waals surface area contributed by atoms with Crippen molar-refractivity contribution >= 4 is 34.5 Å². The van der Waals surface area contributed by atoms with E-state index < -0.39 is 6.16 Å². The van der Waals surface area contributed by atoms with Gasteiger partial charge in [-0.15, -0.1) is 11.3 Å². The van der Waals surface area contributed by atoms with Gasteiger partial charge in [0.05, 0.1) is 12.7 Å². The van der Waals surface area contributed by atoms with E-state index in [-0.39, 0.29) is 12.0 Å². The molecule has 0 radical (unpaired) electrons. The predicted octanol–water partition coefficient (Wildman–Crippen LogP) is 3.31. The van der Waals surface area contributed by atoms with Crippen LogP contribution in [-0.2, 0) is 27.1 Å². The lowest BCUT2D eigenvalue weighted by molar-refractivity contribution is -0.111. The molecule has 0 saturated carbocycles. The molecule has 8 heteroatoms. The van der Waals surface area contributed by atoms with Crippen molar-refractivity contribution in [3.05, 3.63) is 52.2 Å². The normalized spacial score (nSPS) is 15.6. The Morgan fingerprint density at radius 3 is 3.04 bits per heavy atom. The lowest BCUT2D eigenvalue weighted by atomic mass is 9.94. The summed E-state index contributed by atoms with van der Waals surface area (Å²) in [6.45, 7) is 0. The highest BCUT2D eigenvalue weighted by Crippen LogP contribution is 2.38. The van der Waals surface area contributed by atoms with E-state index in [1.165, 1.54) is 24.5 Å². The minimum Gasteiger partial charge on any atom is -0.438 e. The fourth-order valence-electron chi connectivity index (χ4n) is 2.85. The fourth-order valence-corrected chi connectivity index (χ4v) is 4.11. The summed E-state index contributed by atoms with van der Waals surface area (Å²) in [5.41, 5.74) is 2.20. The minimum atomic E-state index is -0.713. The molecule has 7 nitrogen and oxygen atoms in total. The molecule has 0 fully saturated rings. The van der Waals surface area contributed by atoms with Crippen molar-refractivity contribution in [3.8, 4) is 6.07 Å². The molecule has 138 valence electrons. The number of nitrogens with one attached hydrogen (secondary N) is 1. The van der Waals surface area contributed by atoms with Crippen LogP contribution in [-0.4, -0.2) is 30.3 Å². The zero-order chi connectivity index (χ0) is 19.2. The Bertz CT molecular complexity index is 915. The molecule has 2 aromatic heterocycles. The quantitative estimate of drug-likeness (QED) is 0.642. The number of amides is 1. The second kappa shape index (κ2) is 8.47. The maximum atomic E-state index is 12.2. The van der Waals surface area contributed by atoms with E-state index in [1.54, 1.807) is 24.5 Å². The molecule has 0 saturated heterocycles. The number of aromatic nitrogens is 1. The van der Waals surface area contributed by atoms with Crippen molar-refractivity contribution in [1.82, 2.24) is 4.98 Å². The van der Waals surface area contributed by atoms with Gasteiger partial charge in [0.25, 0.3) is 0 Å². The highest BCUT2D eigenvalue weighted by molar-refractivity contribution is 7.16. The van der Waals surface area contributed by atoms with E-state index in [0.717, 1.165) is 16.0 Å². The standard InChI is InChI=1S/C19H17N3O4S/c1-25-19(24)26-13-5-6-14-15(10-20)18(27-16(14)9-13)22-17(23)7-4-12-3-2-8-21-11-12/h2-4,7-8,11,13H,5-6,9H2,1H3,(H,22,23)/b7-4+. The smallest absolute Gasteiger partial charge is 0.438 e. The molecule has 1 atom stereocenters. The van der Waals surface area contributed by atoms with E-state index in [0.29, 0.717) is 29.8 Å². The summed E-state index contributed by atoms with van der Waals surface area (Å²) in [6.07, 6.45) is 7.09. The summed E-state index contributed by atoms with van der Waals surface area (Å²) in [6, 6.07) is 5.80. The SMILES string of the molecule is COC(=O)OC1CCc2c(sc(NC(=O)/C=C/c3cccnc3)c2C#N)C1. The number of pyridine rings is 1. The average molecular weight is 383 g/mol. The van der Waals surface area contributed by atoms with Crippen LogP contribution in [0.4, 0.5) is 9.80 Å². The Morgan fingerprint density at radius 1 is 1.48 bits per heavy atom. The monoisotopic (exact) mass is 383 g/mol. The lowest BCUT2D eigenvalue weighted by Gasteiger charge is -2.21. The number of thiophene rings is 1. The van der Waals surface area contributed by atoms with Crippen molar-refractivity contribution in [2.75, 3.05) is 12.4 Å². The van der Waals surface area contributed by atoms with E-state index in [9.17, 15) is 14.9 Å². The highest BCUT2D eigenvalue weighted by Gasteiger charge is 2.28. The Morgan fingerprint density at radius 2 is 2.33 bits per heavy atom. The van der Waals surface area contributed by atoms with Gasteiger partial charge in [0.15, 0.2) is 0 Å². The summed E-state index contributed by atoms with van der Waals surface area (Å²) < 4.78 is 9.73. The van der Waals surface area contributed by atoms with Crippen LogP contribution in [0.15, 0.2) is 30.6 Å². The lowest BCUT2D eigenvalue weighted by Crippen LogP contribution is -2.24. The molecule has 1 unspecified atom stereocenters. The van der Waals surface area contributed by atoms with Gasteiger partial charge in [-0.05, 0) is 36.1 Å². The van der Waals surface area contributed by atoms with Gasteiger partial charge in [0.2, 0.25) is 5.91 Å². The zero-order valence-corrected chi connectivity index (χ0v) is 15.4. The molecular formula is C19H17N3O4S. The maximum absolute atomic E-state index is 12.2. The largest absolute Gasteiger partial charge is 0.508 e. The summed E-state index contributed by atoms with van der Waals surface area (Å²) in [5.74, 6) is -0.323. The number of anilines is 1. The molecular weight excluding hydrogens is 366 g/mol. The number of rotatable bonds is 4. The van der Waals surface area contributed by atoms with Gasteiger partial charge in [-0.1, -0.05) is 6.07 Å². The zero-order valence-electron chi connectivity index (χ0n) is 14.6. The molecule has 0 aromatic carbocycles. The van der Waals surface area contributed by atoms with Crippen LogP contribution in [0.2, 0.25) is 0 Å². The summed E-state index contributed by atoms with van der Waals surface area (Å²) in [4.78, 5) is 28.4. The number of carbonyl (C=O) groups is 2. The van der Waals surface area contributed by atoms with Gasteiger partial charge in [-0.2, -0.15) is 5.26 Å². The topological polar surface area (TPSA) is 101 Å². The van der Waals surface area contributed by atoms with Crippen LogP contribution in [0.25, 0.3) is 6.08 Å². The number of hydrogen-bond donors (Lipinski definition) is 1. The van der Waals surface area contributed by atoms with Crippen molar-refractivity contribution in [1.29, 1.82) is 5.26 Å². The number of nitriles is 1. The second-order valence-corrected chi connectivity index (χ2v) is 6.97. The summed E-state index contributed by atoms with van der Waals surface area (Å²) in [7, 11) is 1.27. The van der Waals surface area contributed by atoms with Crippen LogP contribution in [0.5, 0.6) is 0 Å². The highest BCUT2D eigenvalue weighted by atomic mass is 32.1. The van der Waals surface area contributed by atoms with Crippen molar-refractivity contribution < 1.29 is 19.1 Å². The Hall–Kier alpha value is -3.18. The number of carbonyl (C=O) groups excluding carboxylic acids is 2. The van der Waals surface area contributed by atoms with Crippen LogP contribution in [0, 0.1) is 11.3 Å². The summed E-state index contributed by atoms with van der Waals surface area (Å²) in [5, 5.41) is 12.8. The van der Waals surface area contributed by atoms with Crippen molar-refractivity contribution in [2.45, 2.75) is 25.4 Å². The molecule has 0 spiro atoms. The summed E-state index contributed by atoms with van der Waals surface area (Å²) >= 11 is 1.34. The van der Waals surface area contributed by atoms with Gasteiger partial charge in [0.1, 0.15) is 17.2 Å². The third-order valence-corrected chi connectivity index (χ3v) is 5.28. The molecule has 0 aliphatic heterocycles. The molecule has 2 heterocycles. The molecule has 1 amide bonds. The molecule has 27 heavy (non-hydrogen) atoms. The van der Waals surface area contributed by atoms with Crippen LogP contribution in [0.3, 0.4) is 0 Å². The van der Waals surface area contributed by atoms with Gasteiger partial charge >= 0.3 is 6.16 Å². The fraction of sp³-hybridized carbons (Fsp3) is 0.263.